The van der Waals surface area contributed by atoms with Crippen molar-refractivity contribution in [2.75, 3.05) is 5.32 Å². The number of hydrogen-bond acceptors (Lipinski definition) is 4. The molecule has 2 aromatic heterocycles. The fraction of sp³-hybridized carbons (Fsp3) is 0.0556. The first kappa shape index (κ1) is 15.5. The molecule has 5 nitrogen and oxygen atoms in total. The molecule has 1 N–H and O–H groups in total. The number of nitrogens with one attached hydrogen (secondary N) is 1. The molecule has 2 heterocycles. The Morgan fingerprint density at radius 3 is 2.80 bits per heavy atom. The van der Waals surface area contributed by atoms with Crippen molar-refractivity contribution in [3.8, 4) is 5.69 Å². The number of para-hydroxylation sites is 2. The Hall–Kier alpha value is -3.06. The van der Waals surface area contributed by atoms with Crippen LogP contribution in [0.1, 0.15) is 15.2 Å². The summed E-state index contributed by atoms with van der Waals surface area (Å²) in [5.41, 5.74) is 1.96. The van der Waals surface area contributed by atoms with Crippen LogP contribution in [0.2, 0.25) is 0 Å². The maximum atomic E-state index is 14.1. The largest absolute Gasteiger partial charge is 0.319 e. The molecule has 0 atom stereocenters. The lowest BCUT2D eigenvalue weighted by Crippen LogP contribution is -2.13. The second-order valence-electron chi connectivity index (χ2n) is 5.48. The first-order valence-corrected chi connectivity index (χ1v) is 8.40. The van der Waals surface area contributed by atoms with Gasteiger partial charge in [0.15, 0.2) is 0 Å². The normalized spacial score (nSPS) is 11.0. The number of carbonyl (C=O) groups is 1. The van der Waals surface area contributed by atoms with Crippen LogP contribution in [0.4, 0.5) is 10.1 Å². The molecule has 4 aromatic rings. The summed E-state index contributed by atoms with van der Waals surface area (Å²) in [7, 11) is 0. The van der Waals surface area contributed by atoms with Crippen molar-refractivity contribution in [1.82, 2.24) is 14.8 Å². The van der Waals surface area contributed by atoms with E-state index in [0.29, 0.717) is 27.2 Å². The van der Waals surface area contributed by atoms with Crippen molar-refractivity contribution >= 4 is 33.0 Å². The van der Waals surface area contributed by atoms with Crippen molar-refractivity contribution in [3.63, 3.8) is 0 Å². The predicted octanol–water partition coefficient (Wildman–Crippen LogP) is 4.18. The van der Waals surface area contributed by atoms with Crippen molar-refractivity contribution in [3.05, 3.63) is 71.4 Å². The highest BCUT2D eigenvalue weighted by molar-refractivity contribution is 7.21. The van der Waals surface area contributed by atoms with E-state index < -0.39 is 0 Å². The van der Waals surface area contributed by atoms with E-state index in [4.69, 9.17) is 0 Å². The van der Waals surface area contributed by atoms with Crippen LogP contribution in [-0.4, -0.2) is 20.7 Å². The summed E-state index contributed by atoms with van der Waals surface area (Å²) in [4.78, 5) is 17.2. The molecule has 0 saturated carbocycles. The molecule has 7 heteroatoms. The van der Waals surface area contributed by atoms with E-state index in [1.165, 1.54) is 23.7 Å². The third kappa shape index (κ3) is 2.68. The lowest BCUT2D eigenvalue weighted by atomic mass is 10.1. The zero-order valence-corrected chi connectivity index (χ0v) is 14.0. The van der Waals surface area contributed by atoms with Gasteiger partial charge in [0, 0.05) is 10.1 Å². The lowest BCUT2D eigenvalue weighted by molar-refractivity contribution is 0.103. The van der Waals surface area contributed by atoms with Gasteiger partial charge in [0.05, 0.1) is 16.3 Å². The molecule has 0 unspecified atom stereocenters. The van der Waals surface area contributed by atoms with Gasteiger partial charge in [0.1, 0.15) is 18.5 Å². The van der Waals surface area contributed by atoms with Gasteiger partial charge in [-0.15, -0.1) is 11.3 Å². The fourth-order valence-corrected chi connectivity index (χ4v) is 3.88. The highest BCUT2D eigenvalue weighted by atomic mass is 32.1. The highest BCUT2D eigenvalue weighted by Gasteiger charge is 2.19. The number of thiophene rings is 1. The van der Waals surface area contributed by atoms with Gasteiger partial charge < -0.3 is 5.32 Å². The Bertz CT molecular complexity index is 1070. The van der Waals surface area contributed by atoms with Crippen LogP contribution in [0.15, 0.2) is 55.1 Å². The maximum Gasteiger partial charge on any atom is 0.266 e. The van der Waals surface area contributed by atoms with Crippen LogP contribution in [0.5, 0.6) is 0 Å². The zero-order valence-electron chi connectivity index (χ0n) is 13.2. The van der Waals surface area contributed by atoms with E-state index in [2.05, 4.69) is 15.4 Å². The van der Waals surface area contributed by atoms with Crippen LogP contribution in [0.25, 0.3) is 15.8 Å². The molecule has 0 aliphatic heterocycles. The van der Waals surface area contributed by atoms with Crippen molar-refractivity contribution in [1.29, 1.82) is 0 Å². The third-order valence-electron chi connectivity index (χ3n) is 3.93. The molecule has 0 aliphatic rings. The second kappa shape index (κ2) is 6.10. The molecular formula is C18H13FN4OS. The van der Waals surface area contributed by atoms with Crippen molar-refractivity contribution < 1.29 is 9.18 Å². The number of aromatic nitrogens is 3. The number of rotatable bonds is 3. The number of fused-ring (bicyclic) bond motifs is 1. The summed E-state index contributed by atoms with van der Waals surface area (Å²) >= 11 is 1.28. The van der Waals surface area contributed by atoms with Gasteiger partial charge in [-0.3, -0.25) is 4.79 Å². The van der Waals surface area contributed by atoms with Gasteiger partial charge in [-0.25, -0.2) is 14.1 Å². The smallest absolute Gasteiger partial charge is 0.266 e. The molecule has 0 fully saturated rings. The molecule has 4 rings (SSSR count). The molecule has 0 bridgehead atoms. The number of amides is 1. The molecule has 0 radical (unpaired) electrons. The second-order valence-corrected chi connectivity index (χ2v) is 6.53. The summed E-state index contributed by atoms with van der Waals surface area (Å²) in [5.74, 6) is -0.584. The summed E-state index contributed by atoms with van der Waals surface area (Å²) in [5, 5.41) is 7.50. The summed E-state index contributed by atoms with van der Waals surface area (Å²) in [6.45, 7) is 1.76. The quantitative estimate of drug-likeness (QED) is 0.602. The number of anilines is 1. The lowest BCUT2D eigenvalue weighted by Gasteiger charge is -2.10. The molecule has 25 heavy (non-hydrogen) atoms. The average Bonchev–Trinajstić information content (AvgIpc) is 3.24. The number of halogens is 1. The third-order valence-corrected chi connectivity index (χ3v) is 5.18. The number of hydrogen-bond donors (Lipinski definition) is 1. The topological polar surface area (TPSA) is 59.8 Å². The number of benzene rings is 2. The number of carbonyl (C=O) groups excluding carboxylic acids is 1. The minimum atomic E-state index is -0.312. The maximum absolute atomic E-state index is 14.1. The Kier molecular flexibility index (Phi) is 3.77. The van der Waals surface area contributed by atoms with Gasteiger partial charge in [-0.05, 0) is 36.8 Å². The minimum Gasteiger partial charge on any atom is -0.319 e. The molecule has 124 valence electrons. The van der Waals surface area contributed by atoms with E-state index in [1.807, 2.05) is 24.3 Å². The van der Waals surface area contributed by atoms with E-state index in [1.54, 1.807) is 30.1 Å². The monoisotopic (exact) mass is 352 g/mol. The van der Waals surface area contributed by atoms with Gasteiger partial charge >= 0.3 is 0 Å². The Labute approximate surface area is 146 Å². The Morgan fingerprint density at radius 2 is 2.04 bits per heavy atom. The molecule has 0 saturated heterocycles. The van der Waals surface area contributed by atoms with Crippen LogP contribution < -0.4 is 5.32 Å². The van der Waals surface area contributed by atoms with Crippen LogP contribution in [-0.2, 0) is 0 Å². The molecule has 0 spiro atoms. The Balaban J connectivity index is 1.73. The van der Waals surface area contributed by atoms with E-state index in [9.17, 15) is 9.18 Å². The van der Waals surface area contributed by atoms with Gasteiger partial charge in [-0.2, -0.15) is 5.10 Å². The molecular weight excluding hydrogens is 339 g/mol. The summed E-state index contributed by atoms with van der Waals surface area (Å²) in [6, 6.07) is 12.2. The first-order chi connectivity index (χ1) is 12.1. The predicted molar refractivity (Wildman–Crippen MR) is 95.8 cm³/mol. The van der Waals surface area contributed by atoms with Gasteiger partial charge in [0.2, 0.25) is 0 Å². The SMILES string of the molecule is Cc1c(C(=O)Nc2ccccc2-n2cncn2)sc2cccc(F)c12. The van der Waals surface area contributed by atoms with E-state index >= 15 is 0 Å². The van der Waals surface area contributed by atoms with Crippen LogP contribution in [0, 0.1) is 12.7 Å². The van der Waals surface area contributed by atoms with E-state index in [-0.39, 0.29) is 11.7 Å². The summed E-state index contributed by atoms with van der Waals surface area (Å²) in [6.07, 6.45) is 2.99. The zero-order chi connectivity index (χ0) is 17.4. The van der Waals surface area contributed by atoms with Crippen LogP contribution in [0.3, 0.4) is 0 Å². The molecule has 0 aliphatic carbocycles. The fourth-order valence-electron chi connectivity index (χ4n) is 2.76. The van der Waals surface area contributed by atoms with Gasteiger partial charge in [-0.1, -0.05) is 18.2 Å². The van der Waals surface area contributed by atoms with Crippen LogP contribution >= 0.6 is 11.3 Å². The highest BCUT2D eigenvalue weighted by Crippen LogP contribution is 2.33. The first-order valence-electron chi connectivity index (χ1n) is 7.58. The standard InChI is InChI=1S/C18H13FN4OS/c1-11-16-12(19)5-4-8-15(16)25-17(11)18(24)22-13-6-2-3-7-14(13)23-10-20-9-21-23/h2-10H,1H3,(H,22,24). The minimum absolute atomic E-state index is 0.273. The molecule has 2 aromatic carbocycles. The van der Waals surface area contributed by atoms with Crippen molar-refractivity contribution in [2.24, 2.45) is 0 Å². The Morgan fingerprint density at radius 1 is 1.20 bits per heavy atom. The number of nitrogens with zero attached hydrogens (tertiary/aromatic N) is 3. The van der Waals surface area contributed by atoms with E-state index in [0.717, 1.165) is 4.70 Å². The summed E-state index contributed by atoms with van der Waals surface area (Å²) < 4.78 is 16.4. The molecule has 1 amide bonds. The average molecular weight is 352 g/mol. The number of aryl methyl sites for hydroxylation is 1. The van der Waals surface area contributed by atoms with Gasteiger partial charge in [0.25, 0.3) is 5.91 Å². The van der Waals surface area contributed by atoms with Crippen molar-refractivity contribution in [2.45, 2.75) is 6.92 Å².